The SMILES string of the molecule is Cc1ccc(N2CC[C@H](CNC(=O)c3ccn(C)c3C)C2)cc1. The van der Waals surface area contributed by atoms with Crippen LogP contribution in [0.5, 0.6) is 0 Å². The molecule has 0 saturated carbocycles. The fourth-order valence-corrected chi connectivity index (χ4v) is 3.17. The van der Waals surface area contributed by atoms with Gasteiger partial charge in [-0.25, -0.2) is 0 Å². The summed E-state index contributed by atoms with van der Waals surface area (Å²) in [6.45, 7) is 6.90. The van der Waals surface area contributed by atoms with Crippen LogP contribution in [0.4, 0.5) is 5.69 Å². The summed E-state index contributed by atoms with van der Waals surface area (Å²) >= 11 is 0. The summed E-state index contributed by atoms with van der Waals surface area (Å²) in [5.74, 6) is 0.557. The van der Waals surface area contributed by atoms with Gasteiger partial charge in [0, 0.05) is 44.3 Å². The van der Waals surface area contributed by atoms with E-state index in [9.17, 15) is 4.79 Å². The van der Waals surface area contributed by atoms with Crippen LogP contribution in [0.15, 0.2) is 36.5 Å². The number of nitrogens with zero attached hydrogens (tertiary/aromatic N) is 2. The zero-order chi connectivity index (χ0) is 16.4. The van der Waals surface area contributed by atoms with Gasteiger partial charge in [-0.2, -0.15) is 0 Å². The predicted octanol–water partition coefficient (Wildman–Crippen LogP) is 2.90. The Morgan fingerprint density at radius 1 is 1.22 bits per heavy atom. The van der Waals surface area contributed by atoms with E-state index in [1.165, 1.54) is 11.3 Å². The molecular formula is C19H25N3O. The van der Waals surface area contributed by atoms with E-state index >= 15 is 0 Å². The molecule has 1 N–H and O–H groups in total. The second kappa shape index (κ2) is 6.49. The van der Waals surface area contributed by atoms with Crippen molar-refractivity contribution in [3.05, 3.63) is 53.3 Å². The van der Waals surface area contributed by atoms with Crippen LogP contribution in [-0.2, 0) is 7.05 Å². The Bertz CT molecular complexity index is 687. The monoisotopic (exact) mass is 311 g/mol. The number of hydrogen-bond donors (Lipinski definition) is 1. The molecule has 2 aromatic rings. The number of anilines is 1. The van der Waals surface area contributed by atoms with Crippen molar-refractivity contribution in [1.82, 2.24) is 9.88 Å². The number of hydrogen-bond acceptors (Lipinski definition) is 2. The van der Waals surface area contributed by atoms with Gasteiger partial charge >= 0.3 is 0 Å². The van der Waals surface area contributed by atoms with Crippen molar-refractivity contribution < 1.29 is 4.79 Å². The van der Waals surface area contributed by atoms with E-state index in [4.69, 9.17) is 0 Å². The molecule has 1 fully saturated rings. The van der Waals surface area contributed by atoms with Crippen LogP contribution in [0.25, 0.3) is 0 Å². The van der Waals surface area contributed by atoms with Gasteiger partial charge < -0.3 is 14.8 Å². The summed E-state index contributed by atoms with van der Waals surface area (Å²) in [5, 5.41) is 3.10. The molecule has 2 heterocycles. The molecule has 1 amide bonds. The molecule has 0 unspecified atom stereocenters. The molecule has 0 aliphatic carbocycles. The topological polar surface area (TPSA) is 37.3 Å². The third kappa shape index (κ3) is 3.41. The van der Waals surface area contributed by atoms with Crippen LogP contribution in [0.2, 0.25) is 0 Å². The fourth-order valence-electron chi connectivity index (χ4n) is 3.17. The first-order valence-electron chi connectivity index (χ1n) is 8.26. The predicted molar refractivity (Wildman–Crippen MR) is 94.0 cm³/mol. The van der Waals surface area contributed by atoms with E-state index in [1.807, 2.05) is 30.8 Å². The molecule has 1 aromatic heterocycles. The first-order valence-corrected chi connectivity index (χ1v) is 8.26. The Hall–Kier alpha value is -2.23. The lowest BCUT2D eigenvalue weighted by Crippen LogP contribution is -2.31. The number of rotatable bonds is 4. The summed E-state index contributed by atoms with van der Waals surface area (Å²) in [4.78, 5) is 14.7. The Kier molecular flexibility index (Phi) is 4.42. The molecule has 1 aromatic carbocycles. The van der Waals surface area contributed by atoms with Gasteiger partial charge in [0.15, 0.2) is 0 Å². The van der Waals surface area contributed by atoms with Gasteiger partial charge in [-0.05, 0) is 44.4 Å². The molecule has 3 rings (SSSR count). The van der Waals surface area contributed by atoms with Gasteiger partial charge in [-0.1, -0.05) is 17.7 Å². The van der Waals surface area contributed by atoms with Gasteiger partial charge in [-0.3, -0.25) is 4.79 Å². The number of carbonyl (C=O) groups is 1. The third-order valence-corrected chi connectivity index (χ3v) is 4.86. The molecular weight excluding hydrogens is 286 g/mol. The summed E-state index contributed by atoms with van der Waals surface area (Å²) in [7, 11) is 1.96. The van der Waals surface area contributed by atoms with Crippen molar-refractivity contribution in [3.63, 3.8) is 0 Å². The van der Waals surface area contributed by atoms with Crippen LogP contribution in [0.3, 0.4) is 0 Å². The molecule has 122 valence electrons. The minimum atomic E-state index is 0.0388. The maximum absolute atomic E-state index is 12.3. The number of carbonyl (C=O) groups excluding carboxylic acids is 1. The Morgan fingerprint density at radius 2 is 1.96 bits per heavy atom. The van der Waals surface area contributed by atoms with E-state index in [-0.39, 0.29) is 5.91 Å². The fraction of sp³-hybridized carbons (Fsp3) is 0.421. The minimum Gasteiger partial charge on any atom is -0.371 e. The molecule has 0 spiro atoms. The minimum absolute atomic E-state index is 0.0388. The van der Waals surface area contributed by atoms with E-state index in [0.717, 1.165) is 37.3 Å². The first kappa shape index (κ1) is 15.7. The highest BCUT2D eigenvalue weighted by Gasteiger charge is 2.23. The van der Waals surface area contributed by atoms with Crippen molar-refractivity contribution in [2.24, 2.45) is 13.0 Å². The van der Waals surface area contributed by atoms with Crippen molar-refractivity contribution in [1.29, 1.82) is 0 Å². The van der Waals surface area contributed by atoms with Crippen molar-refractivity contribution in [2.45, 2.75) is 20.3 Å². The van der Waals surface area contributed by atoms with Crippen LogP contribution in [0, 0.1) is 19.8 Å². The molecule has 0 bridgehead atoms. The van der Waals surface area contributed by atoms with E-state index in [0.29, 0.717) is 5.92 Å². The zero-order valence-electron chi connectivity index (χ0n) is 14.2. The maximum atomic E-state index is 12.3. The summed E-state index contributed by atoms with van der Waals surface area (Å²) in [5.41, 5.74) is 4.36. The average molecular weight is 311 g/mol. The highest BCUT2D eigenvalue weighted by Crippen LogP contribution is 2.23. The number of aryl methyl sites for hydroxylation is 2. The molecule has 1 saturated heterocycles. The normalized spacial score (nSPS) is 17.5. The lowest BCUT2D eigenvalue weighted by atomic mass is 10.1. The van der Waals surface area contributed by atoms with E-state index < -0.39 is 0 Å². The molecule has 4 nitrogen and oxygen atoms in total. The molecule has 1 aliphatic rings. The maximum Gasteiger partial charge on any atom is 0.253 e. The standard InChI is InChI=1S/C19H25N3O/c1-14-4-6-17(7-5-14)22-11-8-16(13-22)12-20-19(23)18-9-10-21(3)15(18)2/h4-7,9-10,16H,8,11-13H2,1-3H3,(H,20,23)/t16-/m1/s1. The number of nitrogens with one attached hydrogen (secondary N) is 1. The van der Waals surface area contributed by atoms with Gasteiger partial charge in [0.2, 0.25) is 0 Å². The largest absolute Gasteiger partial charge is 0.371 e. The number of aromatic nitrogens is 1. The first-order chi connectivity index (χ1) is 11.0. The number of benzene rings is 1. The highest BCUT2D eigenvalue weighted by molar-refractivity contribution is 5.95. The molecule has 4 heteroatoms. The molecule has 1 atom stereocenters. The van der Waals surface area contributed by atoms with Crippen LogP contribution in [-0.4, -0.2) is 30.1 Å². The Balaban J connectivity index is 1.53. The van der Waals surface area contributed by atoms with Crippen LogP contribution >= 0.6 is 0 Å². The van der Waals surface area contributed by atoms with Crippen molar-refractivity contribution in [2.75, 3.05) is 24.5 Å². The van der Waals surface area contributed by atoms with Gasteiger partial charge in [0.25, 0.3) is 5.91 Å². The lowest BCUT2D eigenvalue weighted by molar-refractivity contribution is 0.0947. The van der Waals surface area contributed by atoms with Crippen LogP contribution < -0.4 is 10.2 Å². The zero-order valence-corrected chi connectivity index (χ0v) is 14.2. The summed E-state index contributed by atoms with van der Waals surface area (Å²) < 4.78 is 1.98. The van der Waals surface area contributed by atoms with Crippen molar-refractivity contribution in [3.8, 4) is 0 Å². The van der Waals surface area contributed by atoms with E-state index in [1.54, 1.807) is 0 Å². The van der Waals surface area contributed by atoms with E-state index in [2.05, 4.69) is 41.4 Å². The summed E-state index contributed by atoms with van der Waals surface area (Å²) in [6, 6.07) is 10.6. The summed E-state index contributed by atoms with van der Waals surface area (Å²) in [6.07, 6.45) is 3.06. The molecule has 0 radical (unpaired) electrons. The smallest absolute Gasteiger partial charge is 0.253 e. The van der Waals surface area contributed by atoms with Gasteiger partial charge in [0.05, 0.1) is 5.56 Å². The highest BCUT2D eigenvalue weighted by atomic mass is 16.1. The molecule has 23 heavy (non-hydrogen) atoms. The lowest BCUT2D eigenvalue weighted by Gasteiger charge is -2.19. The number of amides is 1. The van der Waals surface area contributed by atoms with Gasteiger partial charge in [0.1, 0.15) is 0 Å². The quantitative estimate of drug-likeness (QED) is 0.943. The Morgan fingerprint density at radius 3 is 2.61 bits per heavy atom. The molecule has 1 aliphatic heterocycles. The van der Waals surface area contributed by atoms with Crippen LogP contribution in [0.1, 0.15) is 28.0 Å². The second-order valence-electron chi connectivity index (χ2n) is 6.57. The second-order valence-corrected chi connectivity index (χ2v) is 6.57. The Labute approximate surface area is 138 Å². The van der Waals surface area contributed by atoms with Crippen molar-refractivity contribution >= 4 is 11.6 Å². The van der Waals surface area contributed by atoms with Gasteiger partial charge in [-0.15, -0.1) is 0 Å². The third-order valence-electron chi connectivity index (χ3n) is 4.86. The average Bonchev–Trinajstić information content (AvgIpc) is 3.14.